The molecule has 0 aliphatic carbocycles. The molecule has 0 aliphatic rings. The van der Waals surface area contributed by atoms with E-state index in [4.69, 9.17) is 11.1 Å². The Bertz CT molecular complexity index is 121. The molecule has 0 radical (unpaired) electrons. The molecule has 0 aromatic carbocycles. The SMILES string of the molecule is CCCC[Si](Cl)(NC)C(C)CC. The molecule has 0 saturated carbocycles. The van der Waals surface area contributed by atoms with Crippen LogP contribution in [0.15, 0.2) is 0 Å². The van der Waals surface area contributed by atoms with Crippen LogP contribution < -0.4 is 4.98 Å². The number of hydrogen-bond acceptors (Lipinski definition) is 1. The molecule has 0 amide bonds. The molecule has 12 heavy (non-hydrogen) atoms. The van der Waals surface area contributed by atoms with Crippen molar-refractivity contribution in [2.75, 3.05) is 7.05 Å². The summed E-state index contributed by atoms with van der Waals surface area (Å²) in [4.78, 5) is 3.37. The number of rotatable bonds is 6. The Hall–Kier alpha value is 0.467. The van der Waals surface area contributed by atoms with Crippen molar-refractivity contribution in [3.63, 3.8) is 0 Å². The molecule has 2 atom stereocenters. The lowest BCUT2D eigenvalue weighted by atomic mass is 10.4. The van der Waals surface area contributed by atoms with Gasteiger partial charge in [0.1, 0.15) is 0 Å². The first-order valence-electron chi connectivity index (χ1n) is 4.98. The Balaban J connectivity index is 4.03. The summed E-state index contributed by atoms with van der Waals surface area (Å²) in [6.07, 6.45) is 3.71. The van der Waals surface area contributed by atoms with Gasteiger partial charge < -0.3 is 4.98 Å². The Labute approximate surface area is 82.7 Å². The van der Waals surface area contributed by atoms with Gasteiger partial charge in [-0.2, -0.15) is 0 Å². The van der Waals surface area contributed by atoms with E-state index >= 15 is 0 Å². The van der Waals surface area contributed by atoms with E-state index in [0.717, 1.165) is 0 Å². The van der Waals surface area contributed by atoms with E-state index < -0.39 is 7.55 Å². The summed E-state index contributed by atoms with van der Waals surface area (Å²) >= 11 is 6.58. The van der Waals surface area contributed by atoms with Gasteiger partial charge in [-0.1, -0.05) is 40.0 Å². The molecule has 74 valence electrons. The van der Waals surface area contributed by atoms with E-state index in [1.165, 1.54) is 25.3 Å². The number of nitrogens with one attached hydrogen (secondary N) is 1. The van der Waals surface area contributed by atoms with Gasteiger partial charge in [0, 0.05) is 0 Å². The Morgan fingerprint density at radius 1 is 1.42 bits per heavy atom. The van der Waals surface area contributed by atoms with Gasteiger partial charge in [-0.15, -0.1) is 11.1 Å². The predicted octanol–water partition coefficient (Wildman–Crippen LogP) is 3.49. The molecular weight excluding hydrogens is 186 g/mol. The highest BCUT2D eigenvalue weighted by molar-refractivity contribution is 7.19. The maximum absolute atomic E-state index is 6.58. The summed E-state index contributed by atoms with van der Waals surface area (Å²) in [5, 5.41) is 0. The van der Waals surface area contributed by atoms with Gasteiger partial charge in [-0.05, 0) is 18.6 Å². The van der Waals surface area contributed by atoms with Gasteiger partial charge in [-0.3, -0.25) is 0 Å². The highest BCUT2D eigenvalue weighted by atomic mass is 35.6. The number of halogens is 1. The zero-order valence-electron chi connectivity index (χ0n) is 8.78. The topological polar surface area (TPSA) is 12.0 Å². The molecule has 0 spiro atoms. The highest BCUT2D eigenvalue weighted by Gasteiger charge is 2.33. The van der Waals surface area contributed by atoms with Crippen LogP contribution in [0, 0.1) is 0 Å². The zero-order chi connectivity index (χ0) is 9.61. The maximum atomic E-state index is 6.58. The summed E-state index contributed by atoms with van der Waals surface area (Å²) in [5.41, 5.74) is 0.677. The van der Waals surface area contributed by atoms with E-state index in [0.29, 0.717) is 5.54 Å². The molecule has 0 fully saturated rings. The quantitative estimate of drug-likeness (QED) is 0.520. The van der Waals surface area contributed by atoms with Crippen LogP contribution in [0.5, 0.6) is 0 Å². The van der Waals surface area contributed by atoms with Gasteiger partial charge in [0.15, 0.2) is 0 Å². The third kappa shape index (κ3) is 3.46. The van der Waals surface area contributed by atoms with E-state index in [-0.39, 0.29) is 0 Å². The van der Waals surface area contributed by atoms with Crippen LogP contribution in [0.25, 0.3) is 0 Å². The fraction of sp³-hybridized carbons (Fsp3) is 1.00. The van der Waals surface area contributed by atoms with Crippen molar-refractivity contribution in [1.29, 1.82) is 0 Å². The summed E-state index contributed by atoms with van der Waals surface area (Å²) < 4.78 is 0. The van der Waals surface area contributed by atoms with Crippen LogP contribution >= 0.6 is 11.1 Å². The second-order valence-electron chi connectivity index (χ2n) is 3.53. The van der Waals surface area contributed by atoms with Crippen molar-refractivity contribution >= 4 is 18.6 Å². The minimum atomic E-state index is -1.63. The Morgan fingerprint density at radius 2 is 2.00 bits per heavy atom. The highest BCUT2D eigenvalue weighted by Crippen LogP contribution is 2.30. The molecule has 3 heteroatoms. The third-order valence-electron chi connectivity index (χ3n) is 2.70. The number of unbranched alkanes of at least 4 members (excludes halogenated alkanes) is 1. The monoisotopic (exact) mass is 207 g/mol. The van der Waals surface area contributed by atoms with Crippen molar-refractivity contribution in [3.05, 3.63) is 0 Å². The summed E-state index contributed by atoms with van der Waals surface area (Å²) in [6.45, 7) is 6.71. The maximum Gasteiger partial charge on any atom is 0.229 e. The lowest BCUT2D eigenvalue weighted by Crippen LogP contribution is -2.46. The van der Waals surface area contributed by atoms with Gasteiger partial charge >= 0.3 is 0 Å². The molecule has 0 bridgehead atoms. The normalized spacial score (nSPS) is 18.8. The second-order valence-corrected chi connectivity index (χ2v) is 9.26. The second kappa shape index (κ2) is 6.00. The standard InChI is InChI=1S/C9H22ClNSi/c1-5-7-8-12(10,11-4)9(3)6-2/h9,11H,5-8H2,1-4H3. The van der Waals surface area contributed by atoms with Crippen molar-refractivity contribution in [1.82, 2.24) is 4.98 Å². The Kier molecular flexibility index (Phi) is 6.24. The Morgan fingerprint density at radius 3 is 2.33 bits per heavy atom. The van der Waals surface area contributed by atoms with Crippen LogP contribution in [0.1, 0.15) is 40.0 Å². The molecule has 2 unspecified atom stereocenters. The first-order valence-corrected chi connectivity index (χ1v) is 8.28. The molecular formula is C9H22ClNSi. The van der Waals surface area contributed by atoms with Crippen LogP contribution in [0.2, 0.25) is 11.6 Å². The molecule has 0 heterocycles. The van der Waals surface area contributed by atoms with Crippen LogP contribution in [0.4, 0.5) is 0 Å². The summed E-state index contributed by atoms with van der Waals surface area (Å²) in [7, 11) is 0.389. The summed E-state index contributed by atoms with van der Waals surface area (Å²) in [5.74, 6) is 0. The van der Waals surface area contributed by atoms with E-state index in [2.05, 4.69) is 25.8 Å². The molecule has 1 nitrogen and oxygen atoms in total. The average Bonchev–Trinajstić information content (AvgIpc) is 2.12. The van der Waals surface area contributed by atoms with E-state index in [1.807, 2.05) is 7.05 Å². The fourth-order valence-corrected chi connectivity index (χ4v) is 4.99. The molecule has 0 saturated heterocycles. The third-order valence-corrected chi connectivity index (χ3v) is 8.84. The van der Waals surface area contributed by atoms with Crippen molar-refractivity contribution < 1.29 is 0 Å². The van der Waals surface area contributed by atoms with Crippen molar-refractivity contribution in [2.45, 2.75) is 51.6 Å². The van der Waals surface area contributed by atoms with Gasteiger partial charge in [0.2, 0.25) is 7.55 Å². The molecule has 1 N–H and O–H groups in total. The van der Waals surface area contributed by atoms with Gasteiger partial charge in [0.05, 0.1) is 0 Å². The van der Waals surface area contributed by atoms with Crippen LogP contribution in [0.3, 0.4) is 0 Å². The van der Waals surface area contributed by atoms with Crippen LogP contribution in [-0.2, 0) is 0 Å². The van der Waals surface area contributed by atoms with E-state index in [9.17, 15) is 0 Å². The van der Waals surface area contributed by atoms with Gasteiger partial charge in [0.25, 0.3) is 0 Å². The molecule has 0 aromatic heterocycles. The molecule has 0 rings (SSSR count). The smallest absolute Gasteiger partial charge is 0.229 e. The average molecular weight is 208 g/mol. The first-order chi connectivity index (χ1) is 5.60. The lowest BCUT2D eigenvalue weighted by molar-refractivity contribution is 0.786. The van der Waals surface area contributed by atoms with Gasteiger partial charge in [-0.25, -0.2) is 0 Å². The van der Waals surface area contributed by atoms with E-state index in [1.54, 1.807) is 0 Å². The summed E-state index contributed by atoms with van der Waals surface area (Å²) in [6, 6.07) is 1.20. The lowest BCUT2D eigenvalue weighted by Gasteiger charge is -2.29. The largest absolute Gasteiger partial charge is 0.328 e. The fourth-order valence-electron chi connectivity index (χ4n) is 1.38. The zero-order valence-corrected chi connectivity index (χ0v) is 10.5. The molecule has 0 aromatic rings. The minimum Gasteiger partial charge on any atom is -0.328 e. The minimum absolute atomic E-state index is 0.677. The molecule has 0 aliphatic heterocycles. The van der Waals surface area contributed by atoms with Crippen molar-refractivity contribution in [3.8, 4) is 0 Å². The predicted molar refractivity (Wildman–Crippen MR) is 60.1 cm³/mol. The first kappa shape index (κ1) is 12.5. The number of hydrogen-bond donors (Lipinski definition) is 1. The van der Waals surface area contributed by atoms with Crippen molar-refractivity contribution in [2.24, 2.45) is 0 Å². The van der Waals surface area contributed by atoms with Crippen LogP contribution in [-0.4, -0.2) is 14.6 Å².